The van der Waals surface area contributed by atoms with Crippen molar-refractivity contribution in [2.45, 2.75) is 13.1 Å². The van der Waals surface area contributed by atoms with Gasteiger partial charge in [-0.25, -0.2) is 4.98 Å². The molecule has 8 heteroatoms. The lowest BCUT2D eigenvalue weighted by Gasteiger charge is -2.05. The van der Waals surface area contributed by atoms with Crippen molar-refractivity contribution in [1.29, 1.82) is 0 Å². The number of fused-ring (bicyclic) bond motifs is 1. The minimum atomic E-state index is 0.00222. The van der Waals surface area contributed by atoms with Gasteiger partial charge in [-0.05, 0) is 23.7 Å². The SMILES string of the molecule is OCCn1cnc2c(NCc3ccco3)nc(Cl)nc21. The van der Waals surface area contributed by atoms with E-state index in [1.165, 1.54) is 0 Å². The quantitative estimate of drug-likeness (QED) is 0.696. The molecule has 3 rings (SSSR count). The molecular weight excluding hydrogens is 282 g/mol. The van der Waals surface area contributed by atoms with Crippen molar-refractivity contribution in [2.24, 2.45) is 0 Å². The molecule has 0 aliphatic heterocycles. The number of halogens is 1. The number of nitrogens with zero attached hydrogens (tertiary/aromatic N) is 4. The highest BCUT2D eigenvalue weighted by Crippen LogP contribution is 2.21. The van der Waals surface area contributed by atoms with Crippen LogP contribution < -0.4 is 5.32 Å². The van der Waals surface area contributed by atoms with Gasteiger partial charge >= 0.3 is 0 Å². The number of hydrogen-bond acceptors (Lipinski definition) is 6. The molecule has 104 valence electrons. The summed E-state index contributed by atoms with van der Waals surface area (Å²) in [6.45, 7) is 0.881. The lowest BCUT2D eigenvalue weighted by molar-refractivity contribution is 0.277. The minimum Gasteiger partial charge on any atom is -0.467 e. The van der Waals surface area contributed by atoms with Crippen LogP contribution in [0.25, 0.3) is 11.2 Å². The molecule has 20 heavy (non-hydrogen) atoms. The molecule has 7 nitrogen and oxygen atoms in total. The van der Waals surface area contributed by atoms with E-state index in [0.29, 0.717) is 30.1 Å². The third-order valence-electron chi connectivity index (χ3n) is 2.79. The highest BCUT2D eigenvalue weighted by molar-refractivity contribution is 6.28. The van der Waals surface area contributed by atoms with E-state index >= 15 is 0 Å². The third kappa shape index (κ3) is 2.45. The van der Waals surface area contributed by atoms with Gasteiger partial charge in [-0.2, -0.15) is 9.97 Å². The van der Waals surface area contributed by atoms with E-state index in [4.69, 9.17) is 21.1 Å². The zero-order valence-electron chi connectivity index (χ0n) is 10.5. The molecule has 3 aromatic heterocycles. The van der Waals surface area contributed by atoms with Gasteiger partial charge in [0.15, 0.2) is 17.0 Å². The first-order valence-corrected chi connectivity index (χ1v) is 6.41. The average molecular weight is 294 g/mol. The normalized spacial score (nSPS) is 11.1. The summed E-state index contributed by atoms with van der Waals surface area (Å²) < 4.78 is 6.97. The molecule has 2 N–H and O–H groups in total. The molecule has 0 spiro atoms. The molecule has 0 bridgehead atoms. The van der Waals surface area contributed by atoms with Gasteiger partial charge in [-0.1, -0.05) is 0 Å². The zero-order chi connectivity index (χ0) is 13.9. The van der Waals surface area contributed by atoms with E-state index in [0.717, 1.165) is 5.76 Å². The van der Waals surface area contributed by atoms with Crippen LogP contribution in [0.5, 0.6) is 0 Å². The second kappa shape index (κ2) is 5.48. The summed E-state index contributed by atoms with van der Waals surface area (Å²) in [6, 6.07) is 3.67. The molecule has 0 aromatic carbocycles. The molecule has 0 aliphatic carbocycles. The first kappa shape index (κ1) is 12.9. The molecule has 3 heterocycles. The molecule has 0 unspecified atom stereocenters. The molecule has 0 saturated carbocycles. The average Bonchev–Trinajstić information content (AvgIpc) is 3.07. The van der Waals surface area contributed by atoms with Crippen LogP contribution in [0.3, 0.4) is 0 Å². The Balaban J connectivity index is 1.93. The van der Waals surface area contributed by atoms with Crippen LogP contribution in [-0.4, -0.2) is 31.2 Å². The van der Waals surface area contributed by atoms with Gasteiger partial charge in [0.2, 0.25) is 5.28 Å². The number of aliphatic hydroxyl groups excluding tert-OH is 1. The second-order valence-electron chi connectivity index (χ2n) is 4.11. The van der Waals surface area contributed by atoms with Crippen molar-refractivity contribution in [3.05, 3.63) is 35.8 Å². The number of rotatable bonds is 5. The Bertz CT molecular complexity index is 710. The summed E-state index contributed by atoms with van der Waals surface area (Å²) in [6.07, 6.45) is 3.21. The van der Waals surface area contributed by atoms with Crippen LogP contribution in [0.1, 0.15) is 5.76 Å². The van der Waals surface area contributed by atoms with E-state index < -0.39 is 0 Å². The van der Waals surface area contributed by atoms with Crippen molar-refractivity contribution in [3.63, 3.8) is 0 Å². The summed E-state index contributed by atoms with van der Waals surface area (Å²) >= 11 is 5.92. The predicted molar refractivity (Wildman–Crippen MR) is 73.5 cm³/mol. The number of anilines is 1. The summed E-state index contributed by atoms with van der Waals surface area (Å²) in [4.78, 5) is 12.5. The summed E-state index contributed by atoms with van der Waals surface area (Å²) in [5, 5.41) is 12.3. The number of aromatic nitrogens is 4. The molecular formula is C12H12ClN5O2. The van der Waals surface area contributed by atoms with Crippen molar-refractivity contribution >= 4 is 28.6 Å². The first-order chi connectivity index (χ1) is 9.78. The number of nitrogens with one attached hydrogen (secondary N) is 1. The lowest BCUT2D eigenvalue weighted by atomic mass is 10.4. The maximum Gasteiger partial charge on any atom is 0.226 e. The largest absolute Gasteiger partial charge is 0.467 e. The Morgan fingerprint density at radius 1 is 1.40 bits per heavy atom. The van der Waals surface area contributed by atoms with Crippen molar-refractivity contribution in [3.8, 4) is 0 Å². The Morgan fingerprint density at radius 2 is 2.30 bits per heavy atom. The van der Waals surface area contributed by atoms with Gasteiger partial charge in [0.05, 0.1) is 25.7 Å². The standard InChI is InChI=1S/C12H12ClN5O2/c13-12-16-10(14-6-8-2-1-5-20-8)9-11(17-12)18(3-4-19)7-15-9/h1-2,5,7,19H,3-4,6H2,(H,14,16,17). The fraction of sp³-hybridized carbons (Fsp3) is 0.250. The highest BCUT2D eigenvalue weighted by Gasteiger charge is 2.12. The van der Waals surface area contributed by atoms with Gasteiger partial charge < -0.3 is 19.4 Å². The van der Waals surface area contributed by atoms with Crippen LogP contribution in [0.2, 0.25) is 5.28 Å². The third-order valence-corrected chi connectivity index (χ3v) is 2.96. The highest BCUT2D eigenvalue weighted by atomic mass is 35.5. The van der Waals surface area contributed by atoms with E-state index in [1.807, 2.05) is 12.1 Å². The molecule has 3 aromatic rings. The summed E-state index contributed by atoms with van der Waals surface area (Å²) in [5.74, 6) is 1.32. The van der Waals surface area contributed by atoms with Gasteiger partial charge in [0, 0.05) is 6.54 Å². The Morgan fingerprint density at radius 3 is 3.05 bits per heavy atom. The van der Waals surface area contributed by atoms with Crippen molar-refractivity contribution in [1.82, 2.24) is 19.5 Å². The van der Waals surface area contributed by atoms with Crippen LogP contribution in [-0.2, 0) is 13.1 Å². The monoisotopic (exact) mass is 293 g/mol. The fourth-order valence-electron chi connectivity index (χ4n) is 1.90. The summed E-state index contributed by atoms with van der Waals surface area (Å²) in [7, 11) is 0. The topological polar surface area (TPSA) is 89.0 Å². The molecule has 0 atom stereocenters. The van der Waals surface area contributed by atoms with E-state index in [1.54, 1.807) is 17.2 Å². The van der Waals surface area contributed by atoms with Gasteiger partial charge in [-0.15, -0.1) is 0 Å². The van der Waals surface area contributed by atoms with Crippen molar-refractivity contribution < 1.29 is 9.52 Å². The summed E-state index contributed by atoms with van der Waals surface area (Å²) in [5.41, 5.74) is 1.19. The van der Waals surface area contributed by atoms with Gasteiger partial charge in [-0.3, -0.25) is 0 Å². The smallest absolute Gasteiger partial charge is 0.226 e. The number of hydrogen-bond donors (Lipinski definition) is 2. The fourth-order valence-corrected chi connectivity index (χ4v) is 2.06. The van der Waals surface area contributed by atoms with Crippen molar-refractivity contribution in [2.75, 3.05) is 11.9 Å². The minimum absolute atomic E-state index is 0.00222. The molecule has 0 saturated heterocycles. The van der Waals surface area contributed by atoms with Crippen LogP contribution in [0.4, 0.5) is 5.82 Å². The molecule has 0 fully saturated rings. The van der Waals surface area contributed by atoms with Gasteiger partial charge in [0.1, 0.15) is 5.76 Å². The Labute approximate surface area is 119 Å². The van der Waals surface area contributed by atoms with Gasteiger partial charge in [0.25, 0.3) is 0 Å². The van der Waals surface area contributed by atoms with E-state index in [9.17, 15) is 0 Å². The predicted octanol–water partition coefficient (Wildman–Crippen LogP) is 1.68. The van der Waals surface area contributed by atoms with Crippen LogP contribution in [0.15, 0.2) is 29.1 Å². The number of imidazole rings is 1. The number of aliphatic hydroxyl groups is 1. The number of furan rings is 1. The van der Waals surface area contributed by atoms with E-state index in [-0.39, 0.29) is 11.9 Å². The zero-order valence-corrected chi connectivity index (χ0v) is 11.2. The Kier molecular flexibility index (Phi) is 3.53. The first-order valence-electron chi connectivity index (χ1n) is 6.03. The molecule has 0 aliphatic rings. The van der Waals surface area contributed by atoms with E-state index in [2.05, 4.69) is 20.3 Å². The second-order valence-corrected chi connectivity index (χ2v) is 4.45. The lowest BCUT2D eigenvalue weighted by Crippen LogP contribution is -2.05. The molecule has 0 radical (unpaired) electrons. The van der Waals surface area contributed by atoms with Crippen LogP contribution >= 0.6 is 11.6 Å². The maximum absolute atomic E-state index is 9.01. The molecule has 0 amide bonds. The van der Waals surface area contributed by atoms with Crippen LogP contribution in [0, 0.1) is 0 Å². The Hall–Kier alpha value is -2.12. The maximum atomic E-state index is 9.01.